The number of rotatable bonds is 8. The van der Waals surface area contributed by atoms with Crippen molar-refractivity contribution in [3.8, 4) is 0 Å². The Hall–Kier alpha value is -3.93. The van der Waals surface area contributed by atoms with Crippen molar-refractivity contribution in [2.75, 3.05) is 23.8 Å². The molecule has 3 aromatic heterocycles. The largest absolute Gasteiger partial charge is 0.376 e. The minimum Gasteiger partial charge on any atom is -0.376 e. The molecule has 1 saturated carbocycles. The van der Waals surface area contributed by atoms with Gasteiger partial charge in [0, 0.05) is 32.3 Å². The van der Waals surface area contributed by atoms with Gasteiger partial charge in [0.2, 0.25) is 0 Å². The van der Waals surface area contributed by atoms with Crippen LogP contribution in [-0.2, 0) is 11.8 Å². The van der Waals surface area contributed by atoms with E-state index in [1.165, 1.54) is 11.0 Å². The maximum absolute atomic E-state index is 13.3. The predicted octanol–water partition coefficient (Wildman–Crippen LogP) is 1.78. The number of anilines is 3. The Kier molecular flexibility index (Phi) is 6.12. The van der Waals surface area contributed by atoms with Gasteiger partial charge < -0.3 is 20.7 Å². The quantitative estimate of drug-likeness (QED) is 0.454. The van der Waals surface area contributed by atoms with E-state index >= 15 is 0 Å². The fourth-order valence-corrected chi connectivity index (χ4v) is 3.75. The topological polar surface area (TPSA) is 149 Å². The molecular weight excluding hydrogens is 438 g/mol. The van der Waals surface area contributed by atoms with Crippen molar-refractivity contribution in [3.63, 3.8) is 0 Å². The zero-order valence-electron chi connectivity index (χ0n) is 18.7. The highest BCUT2D eigenvalue weighted by Gasteiger charge is 2.28. The third-order valence-electron chi connectivity index (χ3n) is 5.63. The normalized spacial score (nSPS) is 17.4. The molecule has 1 saturated heterocycles. The molecule has 0 radical (unpaired) electrons. The lowest BCUT2D eigenvalue weighted by atomic mass is 10.2. The van der Waals surface area contributed by atoms with E-state index in [-0.39, 0.29) is 34.9 Å². The van der Waals surface area contributed by atoms with E-state index in [0.717, 1.165) is 31.4 Å². The smallest absolute Gasteiger partial charge is 0.278 e. The van der Waals surface area contributed by atoms with Crippen LogP contribution in [0.2, 0.25) is 0 Å². The molecule has 34 heavy (non-hydrogen) atoms. The Balaban J connectivity index is 1.36. The van der Waals surface area contributed by atoms with Crippen molar-refractivity contribution in [1.29, 1.82) is 0 Å². The van der Waals surface area contributed by atoms with E-state index in [1.54, 1.807) is 31.8 Å². The molecule has 3 aromatic rings. The lowest BCUT2D eigenvalue weighted by Gasteiger charge is -2.12. The number of carbonyl (C=O) groups is 2. The number of aromatic nitrogens is 6. The Labute approximate surface area is 195 Å². The third-order valence-corrected chi connectivity index (χ3v) is 5.63. The molecule has 4 heterocycles. The minimum absolute atomic E-state index is 0.00161. The van der Waals surface area contributed by atoms with Gasteiger partial charge in [-0.25, -0.2) is 19.9 Å². The van der Waals surface area contributed by atoms with Crippen LogP contribution >= 0.6 is 0 Å². The monoisotopic (exact) mass is 463 g/mol. The highest BCUT2D eigenvalue weighted by atomic mass is 16.5. The Morgan fingerprint density at radius 3 is 2.68 bits per heavy atom. The fourth-order valence-electron chi connectivity index (χ4n) is 3.75. The first-order valence-electron chi connectivity index (χ1n) is 11.2. The predicted molar refractivity (Wildman–Crippen MR) is 122 cm³/mol. The van der Waals surface area contributed by atoms with Gasteiger partial charge in [-0.3, -0.25) is 14.3 Å². The molecule has 1 aliphatic carbocycles. The molecule has 176 valence electrons. The average molecular weight is 464 g/mol. The lowest BCUT2D eigenvalue weighted by molar-refractivity contribution is 0.0854. The summed E-state index contributed by atoms with van der Waals surface area (Å²) in [4.78, 5) is 43.0. The molecule has 12 nitrogen and oxygen atoms in total. The van der Waals surface area contributed by atoms with Crippen LogP contribution in [0.15, 0.2) is 31.1 Å². The van der Waals surface area contributed by atoms with Crippen LogP contribution in [0.4, 0.5) is 17.2 Å². The van der Waals surface area contributed by atoms with E-state index in [1.807, 2.05) is 0 Å². The zero-order chi connectivity index (χ0) is 23.5. The SMILES string of the molecule is Cn1cc(NC(=O)c2nc(C3CC3)cnc2Nc2cncnc2)c(C(=O)NCC2CCCO2)n1. The molecule has 5 rings (SSSR count). The molecule has 0 aromatic carbocycles. The van der Waals surface area contributed by atoms with Crippen LogP contribution in [0, 0.1) is 0 Å². The molecule has 2 amide bonds. The van der Waals surface area contributed by atoms with Gasteiger partial charge in [-0.05, 0) is 25.7 Å². The van der Waals surface area contributed by atoms with E-state index in [9.17, 15) is 9.59 Å². The number of ether oxygens (including phenoxy) is 1. The summed E-state index contributed by atoms with van der Waals surface area (Å²) >= 11 is 0. The summed E-state index contributed by atoms with van der Waals surface area (Å²) in [6.07, 6.45) is 11.7. The van der Waals surface area contributed by atoms with E-state index in [4.69, 9.17) is 4.74 Å². The summed E-state index contributed by atoms with van der Waals surface area (Å²) in [6.45, 7) is 1.10. The maximum Gasteiger partial charge on any atom is 0.278 e. The van der Waals surface area contributed by atoms with Gasteiger partial charge in [-0.2, -0.15) is 5.10 Å². The number of nitrogens with one attached hydrogen (secondary N) is 3. The van der Waals surface area contributed by atoms with Gasteiger partial charge in [0.25, 0.3) is 11.8 Å². The van der Waals surface area contributed by atoms with Crippen molar-refractivity contribution < 1.29 is 14.3 Å². The second kappa shape index (κ2) is 9.51. The summed E-state index contributed by atoms with van der Waals surface area (Å²) in [5.74, 6) is -0.310. The standard InChI is InChI=1S/C22H25N9O3/c1-31-11-17(18(30-31)21(32)26-9-15-3-2-6-34-15)29-22(33)19-20(27-14-7-23-12-24-8-14)25-10-16(28-19)13-4-5-13/h7-8,10-13,15H,2-6,9H2,1H3,(H,25,27)(H,26,32)(H,29,33). The van der Waals surface area contributed by atoms with Gasteiger partial charge in [0.05, 0.1) is 41.8 Å². The molecular formula is C22H25N9O3. The van der Waals surface area contributed by atoms with Crippen molar-refractivity contribution >= 4 is 29.0 Å². The van der Waals surface area contributed by atoms with E-state index in [0.29, 0.717) is 24.8 Å². The van der Waals surface area contributed by atoms with Crippen LogP contribution in [0.25, 0.3) is 0 Å². The fraction of sp³-hybridized carbons (Fsp3) is 0.409. The van der Waals surface area contributed by atoms with Crippen LogP contribution in [-0.4, -0.2) is 60.8 Å². The van der Waals surface area contributed by atoms with Crippen molar-refractivity contribution in [2.24, 2.45) is 7.05 Å². The Morgan fingerprint density at radius 1 is 1.12 bits per heavy atom. The second-order valence-electron chi connectivity index (χ2n) is 8.38. The first-order chi connectivity index (χ1) is 16.6. The third kappa shape index (κ3) is 5.01. The molecule has 1 unspecified atom stereocenters. The summed E-state index contributed by atoms with van der Waals surface area (Å²) in [5.41, 5.74) is 1.85. The summed E-state index contributed by atoms with van der Waals surface area (Å²) in [5, 5.41) is 12.9. The Morgan fingerprint density at radius 2 is 1.94 bits per heavy atom. The molecule has 2 aliphatic rings. The van der Waals surface area contributed by atoms with Gasteiger partial charge in [0.15, 0.2) is 17.2 Å². The van der Waals surface area contributed by atoms with Gasteiger partial charge in [0.1, 0.15) is 6.33 Å². The van der Waals surface area contributed by atoms with Crippen LogP contribution in [0.3, 0.4) is 0 Å². The zero-order valence-corrected chi connectivity index (χ0v) is 18.7. The molecule has 12 heteroatoms. The number of hydrogen-bond acceptors (Lipinski definition) is 9. The lowest BCUT2D eigenvalue weighted by Crippen LogP contribution is -2.32. The average Bonchev–Trinajstić information content (AvgIpc) is 3.43. The first kappa shape index (κ1) is 21.9. The van der Waals surface area contributed by atoms with Gasteiger partial charge in [-0.1, -0.05) is 0 Å². The molecule has 0 spiro atoms. The molecule has 3 N–H and O–H groups in total. The second-order valence-corrected chi connectivity index (χ2v) is 8.38. The van der Waals surface area contributed by atoms with Gasteiger partial charge in [-0.15, -0.1) is 0 Å². The van der Waals surface area contributed by atoms with Crippen molar-refractivity contribution in [3.05, 3.63) is 48.2 Å². The van der Waals surface area contributed by atoms with E-state index in [2.05, 4.69) is 41.0 Å². The summed E-state index contributed by atoms with van der Waals surface area (Å²) in [6, 6.07) is 0. The maximum atomic E-state index is 13.3. The van der Waals surface area contributed by atoms with Crippen LogP contribution in [0.5, 0.6) is 0 Å². The molecule has 1 atom stereocenters. The molecule has 2 fully saturated rings. The van der Waals surface area contributed by atoms with Crippen molar-refractivity contribution in [2.45, 2.75) is 37.7 Å². The van der Waals surface area contributed by atoms with Gasteiger partial charge >= 0.3 is 0 Å². The number of amides is 2. The molecule has 0 bridgehead atoms. The number of hydrogen-bond donors (Lipinski definition) is 3. The van der Waals surface area contributed by atoms with Crippen molar-refractivity contribution in [1.82, 2.24) is 35.0 Å². The number of nitrogens with zero attached hydrogens (tertiary/aromatic N) is 6. The highest BCUT2D eigenvalue weighted by molar-refractivity contribution is 6.09. The minimum atomic E-state index is -0.504. The number of carbonyl (C=O) groups excluding carboxylic acids is 2. The highest BCUT2D eigenvalue weighted by Crippen LogP contribution is 2.39. The number of aryl methyl sites for hydroxylation is 1. The molecule has 1 aliphatic heterocycles. The summed E-state index contributed by atoms with van der Waals surface area (Å²) in [7, 11) is 1.68. The van der Waals surface area contributed by atoms with E-state index < -0.39 is 5.91 Å². The van der Waals surface area contributed by atoms with Crippen LogP contribution < -0.4 is 16.0 Å². The Bertz CT molecular complexity index is 1190. The van der Waals surface area contributed by atoms with Crippen LogP contribution in [0.1, 0.15) is 58.3 Å². The first-order valence-corrected chi connectivity index (χ1v) is 11.2. The summed E-state index contributed by atoms with van der Waals surface area (Å²) < 4.78 is 7.03.